The monoisotopic (exact) mass is 489 g/mol. The second kappa shape index (κ2) is 10.3. The lowest BCUT2D eigenvalue weighted by atomic mass is 9.97. The largest absolute Gasteiger partial charge is 0.450 e. The summed E-state index contributed by atoms with van der Waals surface area (Å²) >= 11 is 0. The van der Waals surface area contributed by atoms with Crippen molar-refractivity contribution in [3.05, 3.63) is 70.8 Å². The lowest BCUT2D eigenvalue weighted by Gasteiger charge is -2.13. The van der Waals surface area contributed by atoms with Crippen molar-refractivity contribution < 1.29 is 28.6 Å². The van der Waals surface area contributed by atoms with Gasteiger partial charge in [-0.2, -0.15) is 4.57 Å². The van der Waals surface area contributed by atoms with E-state index in [2.05, 4.69) is 10.6 Å². The fourth-order valence-corrected chi connectivity index (χ4v) is 4.20. The normalized spacial score (nSPS) is 10.8. The summed E-state index contributed by atoms with van der Waals surface area (Å²) in [5.41, 5.74) is 2.67. The van der Waals surface area contributed by atoms with Crippen LogP contribution in [0.5, 0.6) is 0 Å². The van der Waals surface area contributed by atoms with Crippen LogP contribution in [0.1, 0.15) is 13.8 Å². The molecule has 2 N–H and O–H groups in total. The maximum absolute atomic E-state index is 12.0. The molecule has 4 aromatic rings. The smallest absolute Gasteiger partial charge is 0.411 e. The van der Waals surface area contributed by atoms with Crippen molar-refractivity contribution in [2.45, 2.75) is 13.8 Å². The van der Waals surface area contributed by atoms with Gasteiger partial charge in [0.2, 0.25) is 11.2 Å². The summed E-state index contributed by atoms with van der Waals surface area (Å²) in [6.07, 6.45) is -1.17. The molecule has 3 aromatic carbocycles. The number of aryl methyl sites for hydroxylation is 1. The van der Waals surface area contributed by atoms with E-state index in [1.54, 1.807) is 63.4 Å². The Labute approximate surface area is 206 Å². The van der Waals surface area contributed by atoms with Crippen LogP contribution in [-0.4, -0.2) is 30.3 Å². The van der Waals surface area contributed by atoms with Crippen molar-refractivity contribution in [2.75, 3.05) is 23.8 Å². The van der Waals surface area contributed by atoms with Gasteiger partial charge >= 0.3 is 12.2 Å². The summed E-state index contributed by atoms with van der Waals surface area (Å²) in [5.74, 6) is 0. The number of benzene rings is 3. The fraction of sp³-hybridized carbons (Fsp3) is 0.192. The van der Waals surface area contributed by atoms with Gasteiger partial charge in [-0.05, 0) is 44.2 Å². The molecule has 0 saturated heterocycles. The maximum Gasteiger partial charge on any atom is 0.411 e. The number of rotatable bonds is 6. The Kier molecular flexibility index (Phi) is 6.95. The maximum atomic E-state index is 12.0. The number of amides is 2. The van der Waals surface area contributed by atoms with Gasteiger partial charge in [-0.3, -0.25) is 20.7 Å². The van der Waals surface area contributed by atoms with E-state index in [-0.39, 0.29) is 18.9 Å². The Morgan fingerprint density at radius 3 is 2.06 bits per heavy atom. The van der Waals surface area contributed by atoms with E-state index in [1.165, 1.54) is 6.07 Å². The Balaban J connectivity index is 2.01. The van der Waals surface area contributed by atoms with Crippen molar-refractivity contribution in [1.29, 1.82) is 0 Å². The van der Waals surface area contributed by atoms with Gasteiger partial charge in [0, 0.05) is 23.2 Å². The molecule has 0 bridgehead atoms. The molecule has 0 aliphatic rings. The van der Waals surface area contributed by atoms with Crippen LogP contribution in [0.2, 0.25) is 0 Å². The summed E-state index contributed by atoms with van der Waals surface area (Å²) < 4.78 is 11.8. The number of carbonyl (C=O) groups excluding carboxylic acids is 2. The molecule has 4 rings (SSSR count). The second-order valence-electron chi connectivity index (χ2n) is 7.87. The number of pyridine rings is 1. The van der Waals surface area contributed by atoms with Gasteiger partial charge in [-0.25, -0.2) is 9.59 Å². The molecule has 10 nitrogen and oxygen atoms in total. The first-order valence-corrected chi connectivity index (χ1v) is 11.3. The number of hydrogen-bond donors (Lipinski definition) is 2. The summed E-state index contributed by atoms with van der Waals surface area (Å²) in [6.45, 7) is 3.89. The number of nitrogens with one attached hydrogen (secondary N) is 2. The molecular weight excluding hydrogens is 464 g/mol. The minimum absolute atomic E-state index is 0.0571. The number of hydrogen-bond acceptors (Lipinski definition) is 6. The second-order valence-corrected chi connectivity index (χ2v) is 7.87. The predicted octanol–water partition coefficient (Wildman–Crippen LogP) is 5.53. The molecule has 0 aliphatic carbocycles. The highest BCUT2D eigenvalue weighted by atomic mass is 16.6. The Morgan fingerprint density at radius 1 is 0.861 bits per heavy atom. The van der Waals surface area contributed by atoms with E-state index in [9.17, 15) is 19.7 Å². The van der Waals surface area contributed by atoms with E-state index in [0.717, 1.165) is 16.3 Å². The van der Waals surface area contributed by atoms with Crippen LogP contribution in [-0.2, 0) is 16.5 Å². The lowest BCUT2D eigenvalue weighted by molar-refractivity contribution is -0.632. The van der Waals surface area contributed by atoms with Crippen molar-refractivity contribution in [3.8, 4) is 11.3 Å². The standard InChI is InChI=1S/C26H24N4O6/c1-4-35-25(31)27-16-10-12-18-19-13-11-17(28-26(32)36-5-2)15-23(19)29(3)24(21(18)14-16)20-8-6-7-9-22(20)30(33)34/h6-15H,4-5H2,1-3H3,(H,27,31)/p+1. The summed E-state index contributed by atoms with van der Waals surface area (Å²) in [4.78, 5) is 35.5. The Morgan fingerprint density at radius 2 is 1.44 bits per heavy atom. The molecule has 0 aliphatic heterocycles. The predicted molar refractivity (Wildman–Crippen MR) is 136 cm³/mol. The topological polar surface area (TPSA) is 124 Å². The van der Waals surface area contributed by atoms with E-state index in [1.807, 2.05) is 16.7 Å². The third-order valence-corrected chi connectivity index (χ3v) is 5.66. The molecule has 10 heteroatoms. The van der Waals surface area contributed by atoms with Crippen LogP contribution >= 0.6 is 0 Å². The van der Waals surface area contributed by atoms with E-state index in [4.69, 9.17) is 9.47 Å². The molecule has 2 amide bonds. The number of nitro benzene ring substituents is 1. The van der Waals surface area contributed by atoms with E-state index in [0.29, 0.717) is 28.0 Å². The number of fused-ring (bicyclic) bond motifs is 3. The Bertz CT molecular complexity index is 1500. The molecule has 0 fully saturated rings. The van der Waals surface area contributed by atoms with Crippen LogP contribution in [0, 0.1) is 10.1 Å². The first-order valence-electron chi connectivity index (χ1n) is 11.3. The van der Waals surface area contributed by atoms with Crippen molar-refractivity contribution in [2.24, 2.45) is 7.05 Å². The number of aromatic nitrogens is 1. The highest BCUT2D eigenvalue weighted by Gasteiger charge is 2.27. The minimum atomic E-state index is -0.594. The quantitative estimate of drug-likeness (QED) is 0.159. The SMILES string of the molecule is CCOC(=O)Nc1ccc2c(c1)c(-c1ccccc1[N+](=O)[O-])[n+](C)c1cc(NC(=O)OCC)ccc21. The van der Waals surface area contributed by atoms with Crippen molar-refractivity contribution >= 4 is 50.9 Å². The number of para-hydroxylation sites is 1. The van der Waals surface area contributed by atoms with Crippen molar-refractivity contribution in [3.63, 3.8) is 0 Å². The van der Waals surface area contributed by atoms with Crippen LogP contribution < -0.4 is 15.2 Å². The van der Waals surface area contributed by atoms with Crippen LogP contribution in [0.25, 0.3) is 32.9 Å². The van der Waals surface area contributed by atoms with Gasteiger partial charge in [0.1, 0.15) is 12.6 Å². The molecule has 0 unspecified atom stereocenters. The highest BCUT2D eigenvalue weighted by molar-refractivity contribution is 6.11. The third kappa shape index (κ3) is 4.74. The van der Waals surface area contributed by atoms with E-state index >= 15 is 0 Å². The Hall–Kier alpha value is -4.73. The zero-order valence-corrected chi connectivity index (χ0v) is 20.0. The average Bonchev–Trinajstić information content (AvgIpc) is 2.84. The summed E-state index contributed by atoms with van der Waals surface area (Å²) in [6, 6.07) is 17.2. The van der Waals surface area contributed by atoms with Crippen LogP contribution in [0.4, 0.5) is 26.7 Å². The molecule has 184 valence electrons. The van der Waals surface area contributed by atoms with Gasteiger partial charge in [-0.1, -0.05) is 18.2 Å². The fourth-order valence-electron chi connectivity index (χ4n) is 4.20. The molecule has 1 aromatic heterocycles. The third-order valence-electron chi connectivity index (χ3n) is 5.66. The molecule has 0 saturated carbocycles. The number of nitrogens with zero attached hydrogens (tertiary/aromatic N) is 2. The van der Waals surface area contributed by atoms with Gasteiger partial charge in [-0.15, -0.1) is 0 Å². The summed E-state index contributed by atoms with van der Waals surface area (Å²) in [5, 5.41) is 19.6. The molecule has 0 spiro atoms. The summed E-state index contributed by atoms with van der Waals surface area (Å²) in [7, 11) is 1.80. The number of nitro groups is 1. The highest BCUT2D eigenvalue weighted by Crippen LogP contribution is 2.37. The van der Waals surface area contributed by atoms with E-state index < -0.39 is 17.1 Å². The molecule has 0 radical (unpaired) electrons. The molecule has 1 heterocycles. The first kappa shape index (κ1) is 24.4. The number of anilines is 2. The lowest BCUT2D eigenvalue weighted by Crippen LogP contribution is -2.33. The van der Waals surface area contributed by atoms with Crippen molar-refractivity contribution in [1.82, 2.24) is 0 Å². The zero-order valence-electron chi connectivity index (χ0n) is 20.0. The average molecular weight is 490 g/mol. The first-order chi connectivity index (χ1) is 17.3. The number of carbonyl (C=O) groups is 2. The van der Waals surface area contributed by atoms with Crippen LogP contribution in [0.3, 0.4) is 0 Å². The molecule has 36 heavy (non-hydrogen) atoms. The van der Waals surface area contributed by atoms with Crippen LogP contribution in [0.15, 0.2) is 60.7 Å². The number of ether oxygens (including phenoxy) is 2. The van der Waals surface area contributed by atoms with Gasteiger partial charge in [0.15, 0.2) is 0 Å². The zero-order chi connectivity index (χ0) is 25.8. The van der Waals surface area contributed by atoms with Gasteiger partial charge in [0.05, 0.1) is 34.6 Å². The van der Waals surface area contributed by atoms with Gasteiger partial charge in [0.25, 0.3) is 5.69 Å². The minimum Gasteiger partial charge on any atom is -0.450 e. The van der Waals surface area contributed by atoms with Gasteiger partial charge < -0.3 is 9.47 Å². The molecule has 0 atom stereocenters. The molecular formula is C26H25N4O6+.